The van der Waals surface area contributed by atoms with Gasteiger partial charge in [-0.15, -0.1) is 0 Å². The van der Waals surface area contributed by atoms with Gasteiger partial charge >= 0.3 is 0 Å². The highest BCUT2D eigenvalue weighted by Gasteiger charge is 2.05. The molecule has 0 saturated carbocycles. The van der Waals surface area contributed by atoms with E-state index in [1.165, 1.54) is 11.8 Å². The minimum absolute atomic E-state index is 0.0432. The zero-order valence-corrected chi connectivity index (χ0v) is 10.4. The van der Waals surface area contributed by atoms with Crippen molar-refractivity contribution in [2.24, 2.45) is 0 Å². The number of anilines is 1. The first-order chi connectivity index (χ1) is 7.75. The highest BCUT2D eigenvalue weighted by atomic mass is 32.2. The lowest BCUT2D eigenvalue weighted by Crippen LogP contribution is -2.06. The summed E-state index contributed by atoms with van der Waals surface area (Å²) in [5.41, 5.74) is 0.867. The van der Waals surface area contributed by atoms with Crippen LogP contribution in [-0.2, 0) is 4.79 Å². The quantitative estimate of drug-likeness (QED) is 0.895. The van der Waals surface area contributed by atoms with Crippen LogP contribution in [0.25, 0.3) is 0 Å². The molecular formula is C12H11NOS2. The predicted molar refractivity (Wildman–Crippen MR) is 69.2 cm³/mol. The normalized spacial score (nSPS) is 10.1. The average molecular weight is 249 g/mol. The molecule has 0 saturated heterocycles. The monoisotopic (exact) mass is 249 g/mol. The molecule has 0 aliphatic heterocycles. The van der Waals surface area contributed by atoms with Crippen molar-refractivity contribution < 1.29 is 4.79 Å². The fourth-order valence-corrected chi connectivity index (χ4v) is 3.01. The van der Waals surface area contributed by atoms with Crippen LogP contribution in [0.5, 0.6) is 0 Å². The number of hydrogen-bond donors (Lipinski definition) is 1. The Bertz CT molecular complexity index is 480. The lowest BCUT2D eigenvalue weighted by molar-refractivity contribution is -0.114. The Morgan fingerprint density at radius 3 is 2.81 bits per heavy atom. The van der Waals surface area contributed by atoms with Crippen LogP contribution in [0.15, 0.2) is 50.9 Å². The standard InChI is InChI=1S/C12H11NOS2/c1-9(14)13-11-4-2-3-5-12(11)16-10-6-7-15-8-10/h2-8H,1H3,(H,13,14). The molecule has 0 fully saturated rings. The highest BCUT2D eigenvalue weighted by molar-refractivity contribution is 7.99. The first-order valence-electron chi connectivity index (χ1n) is 4.82. The molecule has 0 aliphatic carbocycles. The fourth-order valence-electron chi connectivity index (χ4n) is 1.29. The number of rotatable bonds is 3. The second-order valence-corrected chi connectivity index (χ2v) is 5.13. The van der Waals surface area contributed by atoms with Crippen LogP contribution in [0, 0.1) is 0 Å². The van der Waals surface area contributed by atoms with Gasteiger partial charge in [0.15, 0.2) is 0 Å². The minimum Gasteiger partial charge on any atom is -0.325 e. The van der Waals surface area contributed by atoms with Gasteiger partial charge in [0.1, 0.15) is 0 Å². The van der Waals surface area contributed by atoms with Crippen molar-refractivity contribution >= 4 is 34.7 Å². The van der Waals surface area contributed by atoms with Crippen LogP contribution >= 0.6 is 23.1 Å². The van der Waals surface area contributed by atoms with Gasteiger partial charge < -0.3 is 5.32 Å². The molecule has 2 aromatic rings. The van der Waals surface area contributed by atoms with Crippen LogP contribution < -0.4 is 5.32 Å². The lowest BCUT2D eigenvalue weighted by atomic mass is 10.3. The molecule has 1 aromatic heterocycles. The van der Waals surface area contributed by atoms with E-state index in [9.17, 15) is 4.79 Å². The molecule has 0 spiro atoms. The summed E-state index contributed by atoms with van der Waals surface area (Å²) in [4.78, 5) is 13.3. The number of benzene rings is 1. The van der Waals surface area contributed by atoms with Crippen molar-refractivity contribution in [3.63, 3.8) is 0 Å². The summed E-state index contributed by atoms with van der Waals surface area (Å²) in [5, 5.41) is 6.97. The van der Waals surface area contributed by atoms with Crippen molar-refractivity contribution in [1.29, 1.82) is 0 Å². The van der Waals surface area contributed by atoms with Gasteiger partial charge in [0.25, 0.3) is 0 Å². The zero-order chi connectivity index (χ0) is 11.4. The van der Waals surface area contributed by atoms with Crippen molar-refractivity contribution in [1.82, 2.24) is 0 Å². The van der Waals surface area contributed by atoms with E-state index in [0.29, 0.717) is 0 Å². The van der Waals surface area contributed by atoms with Crippen molar-refractivity contribution in [3.8, 4) is 0 Å². The molecule has 0 aliphatic rings. The molecule has 1 aromatic carbocycles. The van der Waals surface area contributed by atoms with E-state index in [2.05, 4.69) is 16.8 Å². The van der Waals surface area contributed by atoms with E-state index in [0.717, 1.165) is 10.6 Å². The minimum atomic E-state index is -0.0432. The van der Waals surface area contributed by atoms with Gasteiger partial charge in [-0.05, 0) is 23.6 Å². The molecule has 1 amide bonds. The summed E-state index contributed by atoms with van der Waals surface area (Å²) in [6.45, 7) is 1.52. The van der Waals surface area contributed by atoms with Crippen molar-refractivity contribution in [3.05, 3.63) is 41.1 Å². The summed E-state index contributed by atoms with van der Waals surface area (Å²) < 4.78 is 0. The van der Waals surface area contributed by atoms with Gasteiger partial charge in [-0.1, -0.05) is 23.9 Å². The van der Waals surface area contributed by atoms with Gasteiger partial charge in [0, 0.05) is 22.1 Å². The number of carbonyl (C=O) groups is 1. The van der Waals surface area contributed by atoms with E-state index >= 15 is 0 Å². The topological polar surface area (TPSA) is 29.1 Å². The van der Waals surface area contributed by atoms with Crippen LogP contribution in [0.2, 0.25) is 0 Å². The molecule has 16 heavy (non-hydrogen) atoms. The Hall–Kier alpha value is -1.26. The van der Waals surface area contributed by atoms with Crippen LogP contribution in [-0.4, -0.2) is 5.91 Å². The maximum absolute atomic E-state index is 11.0. The SMILES string of the molecule is CC(=O)Nc1ccccc1Sc1ccsc1. The Balaban J connectivity index is 2.22. The first-order valence-corrected chi connectivity index (χ1v) is 6.58. The largest absolute Gasteiger partial charge is 0.325 e. The van der Waals surface area contributed by atoms with Crippen LogP contribution in [0.3, 0.4) is 0 Å². The molecule has 1 heterocycles. The second-order valence-electron chi connectivity index (χ2n) is 3.24. The smallest absolute Gasteiger partial charge is 0.221 e. The highest BCUT2D eigenvalue weighted by Crippen LogP contribution is 2.34. The third-order valence-corrected chi connectivity index (χ3v) is 3.82. The molecular weight excluding hydrogens is 238 g/mol. The van der Waals surface area contributed by atoms with E-state index < -0.39 is 0 Å². The number of nitrogens with one attached hydrogen (secondary N) is 1. The summed E-state index contributed by atoms with van der Waals surface area (Å²) >= 11 is 3.33. The van der Waals surface area contributed by atoms with Crippen LogP contribution in [0.1, 0.15) is 6.92 Å². The number of carbonyl (C=O) groups excluding carboxylic acids is 1. The number of amides is 1. The fraction of sp³-hybridized carbons (Fsp3) is 0.0833. The summed E-state index contributed by atoms with van der Waals surface area (Å²) in [6, 6.07) is 9.88. The molecule has 4 heteroatoms. The first kappa shape index (κ1) is 11.2. The molecule has 0 unspecified atom stereocenters. The zero-order valence-electron chi connectivity index (χ0n) is 8.77. The maximum Gasteiger partial charge on any atom is 0.221 e. The molecule has 82 valence electrons. The van der Waals surface area contributed by atoms with Gasteiger partial charge in [-0.25, -0.2) is 0 Å². The van der Waals surface area contributed by atoms with Gasteiger partial charge in [-0.2, -0.15) is 11.3 Å². The van der Waals surface area contributed by atoms with Crippen molar-refractivity contribution in [2.45, 2.75) is 16.7 Å². The van der Waals surface area contributed by atoms with Crippen molar-refractivity contribution in [2.75, 3.05) is 5.32 Å². The Kier molecular flexibility index (Phi) is 3.64. The lowest BCUT2D eigenvalue weighted by Gasteiger charge is -2.07. The molecule has 2 rings (SSSR count). The molecule has 1 N–H and O–H groups in total. The average Bonchev–Trinajstić information content (AvgIpc) is 2.73. The number of thiophene rings is 1. The second kappa shape index (κ2) is 5.18. The van der Waals surface area contributed by atoms with Crippen LogP contribution in [0.4, 0.5) is 5.69 Å². The van der Waals surface area contributed by atoms with Gasteiger partial charge in [0.2, 0.25) is 5.91 Å². The molecule has 0 bridgehead atoms. The molecule has 0 radical (unpaired) electrons. The third kappa shape index (κ3) is 2.87. The Morgan fingerprint density at radius 2 is 2.12 bits per heavy atom. The van der Waals surface area contributed by atoms with E-state index in [4.69, 9.17) is 0 Å². The van der Waals surface area contributed by atoms with Gasteiger partial charge in [0.05, 0.1) is 5.69 Å². The summed E-state index contributed by atoms with van der Waals surface area (Å²) in [7, 11) is 0. The maximum atomic E-state index is 11.0. The molecule has 0 atom stereocenters. The Morgan fingerprint density at radius 1 is 1.31 bits per heavy atom. The Labute approximate surface area is 103 Å². The van der Waals surface area contributed by atoms with Gasteiger partial charge in [-0.3, -0.25) is 4.79 Å². The van der Waals surface area contributed by atoms with E-state index in [1.54, 1.807) is 23.1 Å². The number of hydrogen-bond acceptors (Lipinski definition) is 3. The summed E-state index contributed by atoms with van der Waals surface area (Å²) in [6.07, 6.45) is 0. The molecule has 2 nitrogen and oxygen atoms in total. The predicted octanol–water partition coefficient (Wildman–Crippen LogP) is 3.86. The van der Waals surface area contributed by atoms with E-state index in [1.807, 2.05) is 29.6 Å². The summed E-state index contributed by atoms with van der Waals surface area (Å²) in [5.74, 6) is -0.0432. The van der Waals surface area contributed by atoms with E-state index in [-0.39, 0.29) is 5.91 Å². The number of para-hydroxylation sites is 1. The third-order valence-electron chi connectivity index (χ3n) is 1.92.